The summed E-state index contributed by atoms with van der Waals surface area (Å²) >= 11 is 0. The van der Waals surface area contributed by atoms with E-state index in [2.05, 4.69) is 14.9 Å². The van der Waals surface area contributed by atoms with Gasteiger partial charge in [0.2, 0.25) is 0 Å². The molecular weight excluding hydrogens is 271 g/mol. The molecule has 2 rings (SSSR count). The van der Waals surface area contributed by atoms with E-state index in [1.54, 1.807) is 6.07 Å². The molecule has 0 fully saturated rings. The van der Waals surface area contributed by atoms with Crippen molar-refractivity contribution in [2.24, 2.45) is 0 Å². The van der Waals surface area contributed by atoms with E-state index in [1.165, 1.54) is 0 Å². The standard InChI is InChI=1S/C11H13FN4O2S/c1-2-8-6-11(15-14-8)16-19(17,18)10-4-3-7(12)5-9(10)13/h3-6H,2,13H2,1H3,(H2,14,15,16). The molecule has 0 unspecified atom stereocenters. The second-order valence-corrected chi connectivity index (χ2v) is 5.57. The van der Waals surface area contributed by atoms with Gasteiger partial charge in [0.05, 0.1) is 5.69 Å². The first-order valence-corrected chi connectivity index (χ1v) is 7.03. The van der Waals surface area contributed by atoms with Gasteiger partial charge in [-0.2, -0.15) is 5.10 Å². The molecule has 0 atom stereocenters. The molecule has 4 N–H and O–H groups in total. The van der Waals surface area contributed by atoms with Gasteiger partial charge >= 0.3 is 0 Å². The molecule has 0 saturated heterocycles. The first-order valence-electron chi connectivity index (χ1n) is 5.54. The van der Waals surface area contributed by atoms with Crippen LogP contribution in [0.15, 0.2) is 29.2 Å². The third-order valence-corrected chi connectivity index (χ3v) is 3.94. The van der Waals surface area contributed by atoms with E-state index < -0.39 is 15.8 Å². The molecular formula is C11H13FN4O2S. The fourth-order valence-electron chi connectivity index (χ4n) is 1.55. The number of anilines is 2. The van der Waals surface area contributed by atoms with Crippen molar-refractivity contribution in [3.63, 3.8) is 0 Å². The van der Waals surface area contributed by atoms with E-state index in [1.807, 2.05) is 6.92 Å². The Kier molecular flexibility index (Phi) is 3.43. The molecule has 102 valence electrons. The number of hydrogen-bond donors (Lipinski definition) is 3. The van der Waals surface area contributed by atoms with Crippen LogP contribution in [-0.4, -0.2) is 18.6 Å². The molecule has 1 aromatic heterocycles. The molecule has 1 heterocycles. The third kappa shape index (κ3) is 2.84. The van der Waals surface area contributed by atoms with E-state index in [-0.39, 0.29) is 16.4 Å². The lowest BCUT2D eigenvalue weighted by atomic mass is 10.3. The van der Waals surface area contributed by atoms with Gasteiger partial charge in [-0.1, -0.05) is 6.92 Å². The molecule has 0 bridgehead atoms. The summed E-state index contributed by atoms with van der Waals surface area (Å²) in [5, 5.41) is 6.50. The molecule has 0 aliphatic carbocycles. The largest absolute Gasteiger partial charge is 0.398 e. The summed E-state index contributed by atoms with van der Waals surface area (Å²) in [6, 6.07) is 4.68. The Morgan fingerprint density at radius 2 is 2.16 bits per heavy atom. The molecule has 0 aliphatic heterocycles. The van der Waals surface area contributed by atoms with Crippen molar-refractivity contribution in [2.45, 2.75) is 18.2 Å². The number of rotatable bonds is 4. The van der Waals surface area contributed by atoms with Crippen molar-refractivity contribution in [1.82, 2.24) is 10.2 Å². The van der Waals surface area contributed by atoms with Crippen LogP contribution in [0.4, 0.5) is 15.9 Å². The predicted molar refractivity (Wildman–Crippen MR) is 69.6 cm³/mol. The first kappa shape index (κ1) is 13.3. The Hall–Kier alpha value is -2.09. The number of hydrogen-bond acceptors (Lipinski definition) is 4. The van der Waals surface area contributed by atoms with Crippen molar-refractivity contribution in [2.75, 3.05) is 10.5 Å². The minimum atomic E-state index is -3.88. The number of halogens is 1. The number of sulfonamides is 1. The lowest BCUT2D eigenvalue weighted by Gasteiger charge is -2.07. The second kappa shape index (κ2) is 4.88. The van der Waals surface area contributed by atoms with Crippen molar-refractivity contribution in [1.29, 1.82) is 0 Å². The average molecular weight is 284 g/mol. The van der Waals surface area contributed by atoms with Gasteiger partial charge in [0.1, 0.15) is 10.7 Å². The molecule has 8 heteroatoms. The molecule has 2 aromatic rings. The number of benzene rings is 1. The van der Waals surface area contributed by atoms with Gasteiger partial charge in [0.25, 0.3) is 10.0 Å². The third-order valence-electron chi connectivity index (χ3n) is 2.51. The normalized spacial score (nSPS) is 11.5. The van der Waals surface area contributed by atoms with Gasteiger partial charge in [0.15, 0.2) is 5.82 Å². The number of aromatic nitrogens is 2. The second-order valence-electron chi connectivity index (χ2n) is 3.92. The monoisotopic (exact) mass is 284 g/mol. The van der Waals surface area contributed by atoms with Crippen LogP contribution in [0.1, 0.15) is 12.6 Å². The molecule has 0 aliphatic rings. The number of nitrogens with zero attached hydrogens (tertiary/aromatic N) is 1. The highest BCUT2D eigenvalue weighted by molar-refractivity contribution is 7.92. The topological polar surface area (TPSA) is 101 Å². The summed E-state index contributed by atoms with van der Waals surface area (Å²) in [5.74, 6) is -0.426. The summed E-state index contributed by atoms with van der Waals surface area (Å²) in [5.41, 5.74) is 6.15. The summed E-state index contributed by atoms with van der Waals surface area (Å²) in [6.07, 6.45) is 0.702. The van der Waals surface area contributed by atoms with Crippen LogP contribution < -0.4 is 10.5 Å². The van der Waals surface area contributed by atoms with Crippen LogP contribution in [-0.2, 0) is 16.4 Å². The SMILES string of the molecule is CCc1cc(NS(=O)(=O)c2ccc(F)cc2N)n[nH]1. The van der Waals surface area contributed by atoms with E-state index in [0.29, 0.717) is 6.42 Å². The Morgan fingerprint density at radius 1 is 1.42 bits per heavy atom. The molecule has 0 radical (unpaired) electrons. The lowest BCUT2D eigenvalue weighted by molar-refractivity contribution is 0.600. The lowest BCUT2D eigenvalue weighted by Crippen LogP contribution is -2.15. The summed E-state index contributed by atoms with van der Waals surface area (Å²) in [6.45, 7) is 1.91. The number of aryl methyl sites for hydroxylation is 1. The number of nitrogens with one attached hydrogen (secondary N) is 2. The quantitative estimate of drug-likeness (QED) is 0.740. The van der Waals surface area contributed by atoms with E-state index in [4.69, 9.17) is 5.73 Å². The maximum atomic E-state index is 12.9. The average Bonchev–Trinajstić information content (AvgIpc) is 2.75. The molecule has 6 nitrogen and oxygen atoms in total. The van der Waals surface area contributed by atoms with Crippen LogP contribution in [0, 0.1) is 5.82 Å². The molecule has 0 saturated carbocycles. The number of aromatic amines is 1. The van der Waals surface area contributed by atoms with Crippen molar-refractivity contribution in [3.8, 4) is 0 Å². The maximum Gasteiger partial charge on any atom is 0.265 e. The smallest absolute Gasteiger partial charge is 0.265 e. The predicted octanol–water partition coefficient (Wildman–Crippen LogP) is 1.49. The van der Waals surface area contributed by atoms with E-state index in [9.17, 15) is 12.8 Å². The van der Waals surface area contributed by atoms with Crippen molar-refractivity contribution >= 4 is 21.5 Å². The van der Waals surface area contributed by atoms with Gasteiger partial charge < -0.3 is 5.73 Å². The molecule has 1 aromatic carbocycles. The van der Waals surface area contributed by atoms with Crippen LogP contribution in [0.25, 0.3) is 0 Å². The zero-order valence-corrected chi connectivity index (χ0v) is 11.0. The van der Waals surface area contributed by atoms with Gasteiger partial charge in [0, 0.05) is 11.8 Å². The fraction of sp³-hybridized carbons (Fsp3) is 0.182. The van der Waals surface area contributed by atoms with Crippen LogP contribution in [0.3, 0.4) is 0 Å². The van der Waals surface area contributed by atoms with Crippen LogP contribution >= 0.6 is 0 Å². The highest BCUT2D eigenvalue weighted by Crippen LogP contribution is 2.21. The zero-order valence-electron chi connectivity index (χ0n) is 10.1. The highest BCUT2D eigenvalue weighted by Gasteiger charge is 2.19. The molecule has 0 amide bonds. The first-order chi connectivity index (χ1) is 8.92. The summed E-state index contributed by atoms with van der Waals surface area (Å²) < 4.78 is 39.3. The number of nitrogen functional groups attached to an aromatic ring is 1. The molecule has 0 spiro atoms. The minimum Gasteiger partial charge on any atom is -0.398 e. The minimum absolute atomic E-state index is 0.154. The van der Waals surface area contributed by atoms with Gasteiger partial charge in [-0.15, -0.1) is 0 Å². The number of nitrogens with two attached hydrogens (primary N) is 1. The highest BCUT2D eigenvalue weighted by atomic mass is 32.2. The van der Waals surface area contributed by atoms with Crippen LogP contribution in [0.5, 0.6) is 0 Å². The Labute approximate surface area is 109 Å². The summed E-state index contributed by atoms with van der Waals surface area (Å²) in [7, 11) is -3.88. The maximum absolute atomic E-state index is 12.9. The van der Waals surface area contributed by atoms with Crippen LogP contribution in [0.2, 0.25) is 0 Å². The van der Waals surface area contributed by atoms with E-state index >= 15 is 0 Å². The summed E-state index contributed by atoms with van der Waals surface area (Å²) in [4.78, 5) is -0.185. The zero-order chi connectivity index (χ0) is 14.0. The van der Waals surface area contributed by atoms with E-state index in [0.717, 1.165) is 23.9 Å². The number of H-pyrrole nitrogens is 1. The Morgan fingerprint density at radius 3 is 2.74 bits per heavy atom. The Balaban J connectivity index is 2.32. The fourth-order valence-corrected chi connectivity index (χ4v) is 2.66. The van der Waals surface area contributed by atoms with Crippen molar-refractivity contribution in [3.05, 3.63) is 35.8 Å². The van der Waals surface area contributed by atoms with Crippen molar-refractivity contribution < 1.29 is 12.8 Å². The van der Waals surface area contributed by atoms with Gasteiger partial charge in [-0.3, -0.25) is 9.82 Å². The Bertz CT molecular complexity index is 696. The van der Waals surface area contributed by atoms with Gasteiger partial charge in [-0.05, 0) is 24.6 Å². The molecule has 19 heavy (non-hydrogen) atoms. The van der Waals surface area contributed by atoms with Gasteiger partial charge in [-0.25, -0.2) is 12.8 Å².